The van der Waals surface area contributed by atoms with Crippen LogP contribution in [0.1, 0.15) is 34.6 Å². The number of carbonyl (C=O) groups is 1. The molecule has 1 heterocycles. The summed E-state index contributed by atoms with van der Waals surface area (Å²) in [5, 5.41) is 0. The summed E-state index contributed by atoms with van der Waals surface area (Å²) in [6.07, 6.45) is 0.900. The zero-order valence-corrected chi connectivity index (χ0v) is 17.0. The lowest BCUT2D eigenvalue weighted by Crippen LogP contribution is -2.17. The second-order valence-corrected chi connectivity index (χ2v) is 7.33. The number of carbonyl (C=O) groups excluding carboxylic acids is 1. The molecule has 4 nitrogen and oxygen atoms in total. The third-order valence-corrected chi connectivity index (χ3v) is 5.68. The van der Waals surface area contributed by atoms with Gasteiger partial charge >= 0.3 is 0 Å². The maximum absolute atomic E-state index is 12.7. The molecule has 0 atom stereocenters. The van der Waals surface area contributed by atoms with Gasteiger partial charge in [0.05, 0.1) is 12.8 Å². The topological polar surface area (TPSA) is 43.6 Å². The lowest BCUT2D eigenvalue weighted by Gasteiger charge is -2.09. The third kappa shape index (κ3) is 4.03. The molecule has 0 radical (unpaired) electrons. The van der Waals surface area contributed by atoms with Gasteiger partial charge in [-0.25, -0.2) is 0 Å². The maximum atomic E-state index is 12.7. The summed E-state index contributed by atoms with van der Waals surface area (Å²) in [5.41, 5.74) is 4.07. The van der Waals surface area contributed by atoms with E-state index >= 15 is 0 Å². The maximum Gasteiger partial charge on any atom is 0.279 e. The molecule has 0 saturated heterocycles. The van der Waals surface area contributed by atoms with Gasteiger partial charge in [0, 0.05) is 17.0 Å². The first-order valence-corrected chi connectivity index (χ1v) is 9.91. The van der Waals surface area contributed by atoms with Crippen LogP contribution in [0.25, 0.3) is 11.3 Å². The SMILES string of the molecule is CCc1sc(=NC(=O)c2cccc(OC)c2)n(CC)c1-c1ccc(C)cc1. The fraction of sp³-hybridized carbons (Fsp3) is 0.273. The van der Waals surface area contributed by atoms with Crippen molar-refractivity contribution in [2.45, 2.75) is 33.7 Å². The number of aryl methyl sites for hydroxylation is 2. The van der Waals surface area contributed by atoms with Crippen LogP contribution in [0.3, 0.4) is 0 Å². The predicted octanol–water partition coefficient (Wildman–Crippen LogP) is 4.86. The Morgan fingerprint density at radius 2 is 1.89 bits per heavy atom. The van der Waals surface area contributed by atoms with Crippen LogP contribution in [0.2, 0.25) is 0 Å². The van der Waals surface area contributed by atoms with Gasteiger partial charge in [0.1, 0.15) is 5.75 Å². The first-order chi connectivity index (χ1) is 13.1. The molecule has 0 aliphatic heterocycles. The second kappa shape index (κ2) is 8.35. The molecule has 1 aromatic heterocycles. The molecule has 0 unspecified atom stereocenters. The summed E-state index contributed by atoms with van der Waals surface area (Å²) in [5.74, 6) is 0.399. The molecule has 0 N–H and O–H groups in total. The second-order valence-electron chi connectivity index (χ2n) is 6.27. The third-order valence-electron chi connectivity index (χ3n) is 4.46. The molecular formula is C22H24N2O2S. The Bertz CT molecular complexity index is 1010. The van der Waals surface area contributed by atoms with E-state index in [2.05, 4.69) is 54.6 Å². The molecule has 3 rings (SSSR count). The Labute approximate surface area is 163 Å². The van der Waals surface area contributed by atoms with Crippen molar-refractivity contribution in [3.05, 3.63) is 69.3 Å². The molecule has 0 bridgehead atoms. The smallest absolute Gasteiger partial charge is 0.279 e. The van der Waals surface area contributed by atoms with E-state index in [0.29, 0.717) is 11.3 Å². The van der Waals surface area contributed by atoms with Crippen molar-refractivity contribution in [3.63, 3.8) is 0 Å². The van der Waals surface area contributed by atoms with Gasteiger partial charge in [0.15, 0.2) is 4.80 Å². The summed E-state index contributed by atoms with van der Waals surface area (Å²) in [4.78, 5) is 19.1. The highest BCUT2D eigenvalue weighted by Crippen LogP contribution is 2.27. The van der Waals surface area contributed by atoms with Crippen molar-refractivity contribution in [1.82, 2.24) is 4.57 Å². The first kappa shape index (κ1) is 19.1. The Morgan fingerprint density at radius 3 is 2.52 bits per heavy atom. The van der Waals surface area contributed by atoms with Crippen LogP contribution in [-0.2, 0) is 13.0 Å². The number of ether oxygens (including phenoxy) is 1. The minimum atomic E-state index is -0.254. The van der Waals surface area contributed by atoms with E-state index in [1.807, 2.05) is 6.07 Å². The van der Waals surface area contributed by atoms with Gasteiger partial charge in [-0.05, 0) is 44.0 Å². The first-order valence-electron chi connectivity index (χ1n) is 9.10. The molecule has 1 amide bonds. The number of hydrogen-bond acceptors (Lipinski definition) is 3. The fourth-order valence-electron chi connectivity index (χ4n) is 3.01. The largest absolute Gasteiger partial charge is 0.497 e. The van der Waals surface area contributed by atoms with Gasteiger partial charge in [-0.1, -0.05) is 42.8 Å². The number of hydrogen-bond donors (Lipinski definition) is 0. The highest BCUT2D eigenvalue weighted by atomic mass is 32.1. The zero-order chi connectivity index (χ0) is 19.4. The summed E-state index contributed by atoms with van der Waals surface area (Å²) in [7, 11) is 1.59. The standard InChI is InChI=1S/C22H24N2O2S/c1-5-19-20(16-12-10-15(3)11-13-16)24(6-2)22(27-19)23-21(25)17-8-7-9-18(14-17)26-4/h7-14H,5-6H2,1-4H3. The van der Waals surface area contributed by atoms with Crippen LogP contribution in [0.4, 0.5) is 0 Å². The molecule has 0 spiro atoms. The van der Waals surface area contributed by atoms with Crippen LogP contribution in [0, 0.1) is 6.92 Å². The zero-order valence-electron chi connectivity index (χ0n) is 16.2. The molecule has 3 aromatic rings. The van der Waals surface area contributed by atoms with E-state index in [4.69, 9.17) is 4.74 Å². The van der Waals surface area contributed by atoms with Crippen molar-refractivity contribution < 1.29 is 9.53 Å². The minimum absolute atomic E-state index is 0.254. The normalized spacial score (nSPS) is 11.6. The van der Waals surface area contributed by atoms with Gasteiger partial charge in [0.2, 0.25) is 0 Å². The monoisotopic (exact) mass is 380 g/mol. The summed E-state index contributed by atoms with van der Waals surface area (Å²) < 4.78 is 7.34. The summed E-state index contributed by atoms with van der Waals surface area (Å²) in [6.45, 7) is 7.06. The quantitative estimate of drug-likeness (QED) is 0.635. The average molecular weight is 381 g/mol. The van der Waals surface area contributed by atoms with Crippen LogP contribution in [0.15, 0.2) is 53.5 Å². The molecule has 5 heteroatoms. The molecular weight excluding hydrogens is 356 g/mol. The number of rotatable bonds is 5. The predicted molar refractivity (Wildman–Crippen MR) is 110 cm³/mol. The van der Waals surface area contributed by atoms with Crippen LogP contribution in [-0.4, -0.2) is 17.6 Å². The highest BCUT2D eigenvalue weighted by Gasteiger charge is 2.15. The Kier molecular flexibility index (Phi) is 5.91. The van der Waals surface area contributed by atoms with Gasteiger partial charge in [0.25, 0.3) is 5.91 Å². The Morgan fingerprint density at radius 1 is 1.15 bits per heavy atom. The molecule has 27 heavy (non-hydrogen) atoms. The van der Waals surface area contributed by atoms with Gasteiger partial charge in [-0.3, -0.25) is 4.79 Å². The van der Waals surface area contributed by atoms with E-state index in [0.717, 1.165) is 29.0 Å². The van der Waals surface area contributed by atoms with Crippen molar-refractivity contribution >= 4 is 17.2 Å². The van der Waals surface area contributed by atoms with Gasteiger partial charge in [-0.15, -0.1) is 11.3 Å². The van der Waals surface area contributed by atoms with E-state index in [9.17, 15) is 4.79 Å². The van der Waals surface area contributed by atoms with E-state index < -0.39 is 0 Å². The highest BCUT2D eigenvalue weighted by molar-refractivity contribution is 7.09. The van der Waals surface area contributed by atoms with Gasteiger partial charge < -0.3 is 9.30 Å². The van der Waals surface area contributed by atoms with Crippen LogP contribution in [0.5, 0.6) is 5.75 Å². The molecule has 0 fully saturated rings. The molecule has 2 aromatic carbocycles. The molecule has 0 saturated carbocycles. The lowest BCUT2D eigenvalue weighted by atomic mass is 10.1. The Hall–Kier alpha value is -2.66. The summed E-state index contributed by atoms with van der Waals surface area (Å²) >= 11 is 1.59. The van der Waals surface area contributed by atoms with Crippen molar-refractivity contribution in [2.75, 3.05) is 7.11 Å². The van der Waals surface area contributed by atoms with Crippen molar-refractivity contribution in [3.8, 4) is 17.0 Å². The van der Waals surface area contributed by atoms with Gasteiger partial charge in [-0.2, -0.15) is 4.99 Å². The van der Waals surface area contributed by atoms with Crippen molar-refractivity contribution in [2.24, 2.45) is 4.99 Å². The number of methoxy groups -OCH3 is 1. The van der Waals surface area contributed by atoms with Crippen molar-refractivity contribution in [1.29, 1.82) is 0 Å². The number of amides is 1. The molecule has 140 valence electrons. The average Bonchev–Trinajstić information content (AvgIpc) is 3.05. The van der Waals surface area contributed by atoms with Crippen LogP contribution >= 0.6 is 11.3 Å². The fourth-order valence-corrected chi connectivity index (χ4v) is 4.16. The van der Waals surface area contributed by atoms with E-state index in [1.54, 1.807) is 36.6 Å². The number of thiazole rings is 1. The lowest BCUT2D eigenvalue weighted by molar-refractivity contribution is 0.0997. The Balaban J connectivity index is 2.11. The van der Waals surface area contributed by atoms with E-state index in [-0.39, 0.29) is 5.91 Å². The summed E-state index contributed by atoms with van der Waals surface area (Å²) in [6, 6.07) is 15.6. The number of nitrogens with zero attached hydrogens (tertiary/aromatic N) is 2. The minimum Gasteiger partial charge on any atom is -0.497 e. The van der Waals surface area contributed by atoms with E-state index in [1.165, 1.54) is 10.4 Å². The molecule has 0 aliphatic carbocycles. The number of benzene rings is 2. The number of aromatic nitrogens is 1. The molecule has 0 aliphatic rings. The van der Waals surface area contributed by atoms with Crippen LogP contribution < -0.4 is 9.54 Å².